The molecule has 1 rings (SSSR count). The summed E-state index contributed by atoms with van der Waals surface area (Å²) in [4.78, 5) is 26.4. The average molecular weight is 296 g/mol. The van der Waals surface area contributed by atoms with E-state index in [4.69, 9.17) is 5.11 Å². The number of amides is 2. The molecule has 0 fully saturated rings. The molecule has 7 heteroatoms. The molecular weight excluding hydrogens is 272 g/mol. The lowest BCUT2D eigenvalue weighted by atomic mass is 9.94. The van der Waals surface area contributed by atoms with Gasteiger partial charge in [-0.3, -0.25) is 4.79 Å². The van der Waals surface area contributed by atoms with E-state index in [-0.39, 0.29) is 18.4 Å². The van der Waals surface area contributed by atoms with E-state index in [1.807, 2.05) is 24.6 Å². The fraction of sp³-hybridized carbons (Fsp3) is 0.643. The van der Waals surface area contributed by atoms with Gasteiger partial charge in [0.2, 0.25) is 0 Å². The van der Waals surface area contributed by atoms with E-state index in [2.05, 4.69) is 15.6 Å². The predicted octanol–water partition coefficient (Wildman–Crippen LogP) is 1.32. The lowest BCUT2D eigenvalue weighted by molar-refractivity contribution is -0.138. The molecule has 1 aromatic rings. The molecule has 7 nitrogen and oxygen atoms in total. The highest BCUT2D eigenvalue weighted by atomic mass is 16.4. The maximum Gasteiger partial charge on any atom is 0.314 e. The first-order valence-corrected chi connectivity index (χ1v) is 7.16. The summed E-state index contributed by atoms with van der Waals surface area (Å²) in [6.45, 7) is 5.61. The molecular formula is C14H24N4O3. The Bertz CT molecular complexity index is 431. The average Bonchev–Trinajstić information content (AvgIpc) is 2.88. The zero-order valence-corrected chi connectivity index (χ0v) is 12.6. The third-order valence-electron chi connectivity index (χ3n) is 3.03. The van der Waals surface area contributed by atoms with Crippen LogP contribution < -0.4 is 10.6 Å². The molecule has 0 saturated heterocycles. The normalized spacial score (nSPS) is 12.1. The Morgan fingerprint density at radius 2 is 2.10 bits per heavy atom. The summed E-state index contributed by atoms with van der Waals surface area (Å²) < 4.78 is 1.87. The molecule has 118 valence electrons. The van der Waals surface area contributed by atoms with Crippen LogP contribution in [0.15, 0.2) is 18.7 Å². The number of carboxylic acid groups (broad SMARTS) is 1. The van der Waals surface area contributed by atoms with Crippen LogP contribution in [-0.4, -0.2) is 39.7 Å². The van der Waals surface area contributed by atoms with Gasteiger partial charge in [0.1, 0.15) is 0 Å². The molecule has 2 amide bonds. The summed E-state index contributed by atoms with van der Waals surface area (Å²) >= 11 is 0. The molecule has 0 spiro atoms. The third-order valence-corrected chi connectivity index (χ3v) is 3.03. The van der Waals surface area contributed by atoms with Gasteiger partial charge in [-0.2, -0.15) is 0 Å². The monoisotopic (exact) mass is 296 g/mol. The van der Waals surface area contributed by atoms with Crippen molar-refractivity contribution in [1.29, 1.82) is 0 Å². The number of aliphatic carboxylic acids is 1. The number of hydrogen-bond donors (Lipinski definition) is 3. The zero-order valence-electron chi connectivity index (χ0n) is 12.6. The molecule has 1 aromatic heterocycles. The van der Waals surface area contributed by atoms with E-state index >= 15 is 0 Å². The molecule has 1 atom stereocenters. The number of carbonyl (C=O) groups is 2. The first-order chi connectivity index (χ1) is 9.97. The number of aromatic nitrogens is 2. The lowest BCUT2D eigenvalue weighted by Crippen LogP contribution is -2.40. The van der Waals surface area contributed by atoms with Gasteiger partial charge in [-0.05, 0) is 18.3 Å². The van der Waals surface area contributed by atoms with Crippen LogP contribution in [0, 0.1) is 11.8 Å². The molecule has 21 heavy (non-hydrogen) atoms. The van der Waals surface area contributed by atoms with Crippen molar-refractivity contribution in [3.05, 3.63) is 18.7 Å². The summed E-state index contributed by atoms with van der Waals surface area (Å²) in [6.07, 6.45) is 6.05. The summed E-state index contributed by atoms with van der Waals surface area (Å²) in [7, 11) is 0. The van der Waals surface area contributed by atoms with Gasteiger partial charge >= 0.3 is 12.0 Å². The Kier molecular flexibility index (Phi) is 7.28. The Balaban J connectivity index is 2.23. The summed E-state index contributed by atoms with van der Waals surface area (Å²) in [5.41, 5.74) is 0. The summed E-state index contributed by atoms with van der Waals surface area (Å²) in [5.74, 6) is -0.467. The fourth-order valence-corrected chi connectivity index (χ4v) is 2.17. The Labute approximate surface area is 124 Å². The highest BCUT2D eigenvalue weighted by molar-refractivity contribution is 5.74. The van der Waals surface area contributed by atoms with Crippen molar-refractivity contribution in [2.75, 3.05) is 13.1 Å². The molecule has 3 N–H and O–H groups in total. The first kappa shape index (κ1) is 17.0. The van der Waals surface area contributed by atoms with Gasteiger partial charge in [-0.1, -0.05) is 13.8 Å². The van der Waals surface area contributed by atoms with E-state index in [0.717, 1.165) is 6.42 Å². The number of hydrogen-bond acceptors (Lipinski definition) is 3. The van der Waals surface area contributed by atoms with E-state index < -0.39 is 5.97 Å². The number of carbonyl (C=O) groups excluding carboxylic acids is 1. The molecule has 0 saturated carbocycles. The number of imidazole rings is 1. The minimum absolute atomic E-state index is 0.0399. The number of urea groups is 1. The first-order valence-electron chi connectivity index (χ1n) is 7.16. The standard InChI is InChI=1S/C14H24N4O3/c1-11(2)7-12(8-13(19)20)9-17-14(21)16-4-6-18-5-3-15-10-18/h3,5,10-12H,4,6-9H2,1-2H3,(H,19,20)(H2,16,17,21)/t12-/m0/s1. The molecule has 1 heterocycles. The van der Waals surface area contributed by atoms with Crippen LogP contribution in [0.2, 0.25) is 0 Å². The van der Waals surface area contributed by atoms with Crippen molar-refractivity contribution in [1.82, 2.24) is 20.2 Å². The van der Waals surface area contributed by atoms with Crippen molar-refractivity contribution in [2.24, 2.45) is 11.8 Å². The molecule has 0 aliphatic rings. The molecule has 0 aliphatic heterocycles. The quantitative estimate of drug-likeness (QED) is 0.640. The van der Waals surface area contributed by atoms with Crippen molar-refractivity contribution in [3.8, 4) is 0 Å². The van der Waals surface area contributed by atoms with Crippen molar-refractivity contribution < 1.29 is 14.7 Å². The van der Waals surface area contributed by atoms with Crippen molar-refractivity contribution in [3.63, 3.8) is 0 Å². The van der Waals surface area contributed by atoms with Gasteiger partial charge in [0.25, 0.3) is 0 Å². The topological polar surface area (TPSA) is 96.3 Å². The number of nitrogens with zero attached hydrogens (tertiary/aromatic N) is 2. The predicted molar refractivity (Wildman–Crippen MR) is 78.8 cm³/mol. The van der Waals surface area contributed by atoms with Gasteiger partial charge < -0.3 is 20.3 Å². The van der Waals surface area contributed by atoms with Crippen LogP contribution in [0.1, 0.15) is 26.7 Å². The zero-order chi connectivity index (χ0) is 15.7. The molecule has 0 aromatic carbocycles. The molecule has 0 radical (unpaired) electrons. The number of rotatable bonds is 9. The van der Waals surface area contributed by atoms with Gasteiger partial charge in [0.15, 0.2) is 0 Å². The van der Waals surface area contributed by atoms with Crippen LogP contribution in [0.5, 0.6) is 0 Å². The highest BCUT2D eigenvalue weighted by Crippen LogP contribution is 2.14. The maximum atomic E-state index is 11.7. The molecule has 0 aliphatic carbocycles. The Morgan fingerprint density at radius 3 is 2.67 bits per heavy atom. The second-order valence-electron chi connectivity index (χ2n) is 5.53. The van der Waals surface area contributed by atoms with Crippen LogP contribution in [0.25, 0.3) is 0 Å². The Hall–Kier alpha value is -2.05. The maximum absolute atomic E-state index is 11.7. The van der Waals surface area contributed by atoms with E-state index in [0.29, 0.717) is 25.6 Å². The second-order valence-corrected chi connectivity index (χ2v) is 5.53. The fourth-order valence-electron chi connectivity index (χ4n) is 2.17. The van der Waals surface area contributed by atoms with Crippen molar-refractivity contribution in [2.45, 2.75) is 33.2 Å². The van der Waals surface area contributed by atoms with Crippen molar-refractivity contribution >= 4 is 12.0 Å². The van der Waals surface area contributed by atoms with Gasteiger partial charge in [-0.15, -0.1) is 0 Å². The van der Waals surface area contributed by atoms with Crippen LogP contribution in [0.4, 0.5) is 4.79 Å². The van der Waals surface area contributed by atoms with Gasteiger partial charge in [0, 0.05) is 38.4 Å². The van der Waals surface area contributed by atoms with E-state index in [1.54, 1.807) is 12.5 Å². The minimum atomic E-state index is -0.831. The van der Waals surface area contributed by atoms with E-state index in [1.165, 1.54) is 0 Å². The largest absolute Gasteiger partial charge is 0.481 e. The van der Waals surface area contributed by atoms with Crippen LogP contribution in [0.3, 0.4) is 0 Å². The highest BCUT2D eigenvalue weighted by Gasteiger charge is 2.15. The lowest BCUT2D eigenvalue weighted by Gasteiger charge is -2.18. The smallest absolute Gasteiger partial charge is 0.314 e. The van der Waals surface area contributed by atoms with E-state index in [9.17, 15) is 9.59 Å². The third kappa shape index (κ3) is 7.96. The number of carboxylic acids is 1. The van der Waals surface area contributed by atoms with Gasteiger partial charge in [-0.25, -0.2) is 9.78 Å². The second kappa shape index (κ2) is 8.99. The molecule has 0 unspecified atom stereocenters. The van der Waals surface area contributed by atoms with Gasteiger partial charge in [0.05, 0.1) is 6.33 Å². The summed E-state index contributed by atoms with van der Waals surface area (Å²) in [5, 5.41) is 14.3. The SMILES string of the molecule is CC(C)C[C@H](CNC(=O)NCCn1ccnc1)CC(=O)O. The molecule has 0 bridgehead atoms. The Morgan fingerprint density at radius 1 is 1.33 bits per heavy atom. The van der Waals surface area contributed by atoms with Crippen LogP contribution in [-0.2, 0) is 11.3 Å². The minimum Gasteiger partial charge on any atom is -0.481 e. The number of nitrogens with one attached hydrogen (secondary N) is 2. The summed E-state index contributed by atoms with van der Waals surface area (Å²) in [6, 6.07) is -0.269. The van der Waals surface area contributed by atoms with Crippen LogP contribution >= 0.6 is 0 Å².